The van der Waals surface area contributed by atoms with E-state index in [0.29, 0.717) is 5.56 Å². The lowest BCUT2D eigenvalue weighted by Crippen LogP contribution is -2.28. The number of hydrogen-bond donors (Lipinski definition) is 1. The molecule has 2 aliphatic rings. The molecule has 3 nitrogen and oxygen atoms in total. The molecule has 1 aromatic carbocycles. The van der Waals surface area contributed by atoms with Crippen molar-refractivity contribution < 1.29 is 9.90 Å². The van der Waals surface area contributed by atoms with E-state index in [9.17, 15) is 4.79 Å². The van der Waals surface area contributed by atoms with Crippen molar-refractivity contribution in [2.75, 3.05) is 13.6 Å². The van der Waals surface area contributed by atoms with E-state index in [1.165, 1.54) is 25.7 Å². The summed E-state index contributed by atoms with van der Waals surface area (Å²) in [7, 11) is 2.17. The van der Waals surface area contributed by atoms with Crippen LogP contribution in [0, 0.1) is 17.8 Å². The van der Waals surface area contributed by atoms with Crippen LogP contribution in [0.4, 0.5) is 0 Å². The number of rotatable bonds is 5. The molecule has 2 aliphatic carbocycles. The van der Waals surface area contributed by atoms with Crippen LogP contribution >= 0.6 is 15.9 Å². The van der Waals surface area contributed by atoms with Gasteiger partial charge in [0.25, 0.3) is 0 Å². The van der Waals surface area contributed by atoms with Crippen LogP contribution in [-0.4, -0.2) is 29.6 Å². The van der Waals surface area contributed by atoms with Crippen LogP contribution < -0.4 is 0 Å². The standard InChI is InChI=1S/C17H22BrNO2/c1-19(10-15-7-11-2-3-12(15)6-11)9-14-5-4-13(17(20)21)8-16(14)18/h4-5,8,11-12,15H,2-3,6-7,9-10H2,1H3,(H,20,21). The third kappa shape index (κ3) is 3.32. The van der Waals surface area contributed by atoms with Crippen LogP contribution in [0.25, 0.3) is 0 Å². The van der Waals surface area contributed by atoms with Crippen molar-refractivity contribution in [1.29, 1.82) is 0 Å². The molecule has 0 radical (unpaired) electrons. The first kappa shape index (κ1) is 15.0. The van der Waals surface area contributed by atoms with Gasteiger partial charge in [0.15, 0.2) is 0 Å². The van der Waals surface area contributed by atoms with Crippen molar-refractivity contribution in [1.82, 2.24) is 4.90 Å². The van der Waals surface area contributed by atoms with E-state index in [1.807, 2.05) is 6.07 Å². The molecule has 4 heteroatoms. The maximum atomic E-state index is 11.0. The largest absolute Gasteiger partial charge is 0.478 e. The second kappa shape index (κ2) is 6.09. The molecule has 0 heterocycles. The Morgan fingerprint density at radius 1 is 1.38 bits per heavy atom. The number of nitrogens with zero attached hydrogens (tertiary/aromatic N) is 1. The van der Waals surface area contributed by atoms with Gasteiger partial charge in [-0.2, -0.15) is 0 Å². The van der Waals surface area contributed by atoms with E-state index >= 15 is 0 Å². The summed E-state index contributed by atoms with van der Waals surface area (Å²) in [5.41, 5.74) is 1.49. The van der Waals surface area contributed by atoms with Gasteiger partial charge >= 0.3 is 5.97 Å². The van der Waals surface area contributed by atoms with Crippen LogP contribution in [-0.2, 0) is 6.54 Å². The Morgan fingerprint density at radius 2 is 2.19 bits per heavy atom. The van der Waals surface area contributed by atoms with Crippen molar-refractivity contribution in [2.45, 2.75) is 32.2 Å². The van der Waals surface area contributed by atoms with Gasteiger partial charge in [-0.15, -0.1) is 0 Å². The predicted molar refractivity (Wildman–Crippen MR) is 86.4 cm³/mol. The molecule has 0 aliphatic heterocycles. The Balaban J connectivity index is 1.59. The lowest BCUT2D eigenvalue weighted by Gasteiger charge is -2.27. The Morgan fingerprint density at radius 3 is 2.76 bits per heavy atom. The highest BCUT2D eigenvalue weighted by Crippen LogP contribution is 2.48. The molecule has 1 N–H and O–H groups in total. The quantitative estimate of drug-likeness (QED) is 0.870. The summed E-state index contributed by atoms with van der Waals surface area (Å²) in [6.45, 7) is 2.03. The maximum Gasteiger partial charge on any atom is 0.335 e. The number of carboxylic acid groups (broad SMARTS) is 1. The van der Waals surface area contributed by atoms with Crippen LogP contribution in [0.15, 0.2) is 22.7 Å². The average Bonchev–Trinajstić information content (AvgIpc) is 3.03. The summed E-state index contributed by atoms with van der Waals surface area (Å²) in [5, 5.41) is 9.00. The topological polar surface area (TPSA) is 40.5 Å². The van der Waals surface area contributed by atoms with Gasteiger partial charge in [-0.3, -0.25) is 0 Å². The third-order valence-electron chi connectivity index (χ3n) is 5.17. The molecular formula is C17H22BrNO2. The van der Waals surface area contributed by atoms with Crippen molar-refractivity contribution in [2.24, 2.45) is 17.8 Å². The molecular weight excluding hydrogens is 330 g/mol. The molecule has 3 unspecified atom stereocenters. The second-order valence-electron chi connectivity index (χ2n) is 6.74. The normalized spacial score (nSPS) is 27.5. The molecule has 21 heavy (non-hydrogen) atoms. The minimum Gasteiger partial charge on any atom is -0.478 e. The van der Waals surface area contributed by atoms with E-state index in [-0.39, 0.29) is 0 Å². The fourth-order valence-corrected chi connectivity index (χ4v) is 4.67. The van der Waals surface area contributed by atoms with Crippen LogP contribution in [0.3, 0.4) is 0 Å². The van der Waals surface area contributed by atoms with E-state index in [1.54, 1.807) is 12.1 Å². The Bertz CT molecular complexity index is 546. The SMILES string of the molecule is CN(Cc1ccc(C(=O)O)cc1Br)CC1CC2CCC1C2. The third-order valence-corrected chi connectivity index (χ3v) is 5.91. The molecule has 3 atom stereocenters. The molecule has 1 aromatic rings. The van der Waals surface area contributed by atoms with Crippen molar-refractivity contribution in [3.05, 3.63) is 33.8 Å². The first-order valence-electron chi connectivity index (χ1n) is 7.73. The van der Waals surface area contributed by atoms with Crippen molar-refractivity contribution in [3.63, 3.8) is 0 Å². The Hall–Kier alpha value is -0.870. The van der Waals surface area contributed by atoms with Gasteiger partial charge in [-0.1, -0.05) is 28.4 Å². The number of benzene rings is 1. The van der Waals surface area contributed by atoms with E-state index in [4.69, 9.17) is 5.11 Å². The Labute approximate surface area is 134 Å². The lowest BCUT2D eigenvalue weighted by atomic mass is 9.88. The van der Waals surface area contributed by atoms with Gasteiger partial charge in [0.05, 0.1) is 5.56 Å². The number of carboxylic acids is 1. The molecule has 2 fully saturated rings. The molecule has 2 bridgehead atoms. The van der Waals surface area contributed by atoms with Crippen molar-refractivity contribution in [3.8, 4) is 0 Å². The molecule has 0 saturated heterocycles. The van der Waals surface area contributed by atoms with Gasteiger partial charge in [0, 0.05) is 17.6 Å². The highest BCUT2D eigenvalue weighted by molar-refractivity contribution is 9.10. The average molecular weight is 352 g/mol. The first-order valence-corrected chi connectivity index (χ1v) is 8.52. The molecule has 114 valence electrons. The summed E-state index contributed by atoms with van der Waals surface area (Å²) in [4.78, 5) is 13.3. The second-order valence-corrected chi connectivity index (χ2v) is 7.60. The minimum absolute atomic E-state index is 0.335. The van der Waals surface area contributed by atoms with Crippen LogP contribution in [0.5, 0.6) is 0 Å². The van der Waals surface area contributed by atoms with E-state index < -0.39 is 5.97 Å². The predicted octanol–water partition coefficient (Wildman–Crippen LogP) is 4.02. The zero-order chi connectivity index (χ0) is 15.0. The molecule has 0 spiro atoms. The van der Waals surface area contributed by atoms with Crippen LogP contribution in [0.2, 0.25) is 0 Å². The van der Waals surface area contributed by atoms with Crippen molar-refractivity contribution >= 4 is 21.9 Å². The minimum atomic E-state index is -0.877. The monoisotopic (exact) mass is 351 g/mol. The summed E-state index contributed by atoms with van der Waals surface area (Å²) >= 11 is 3.50. The van der Waals surface area contributed by atoms with E-state index in [2.05, 4.69) is 27.9 Å². The van der Waals surface area contributed by atoms with Crippen LogP contribution in [0.1, 0.15) is 41.6 Å². The lowest BCUT2D eigenvalue weighted by molar-refractivity contribution is 0.0697. The fraction of sp³-hybridized carbons (Fsp3) is 0.588. The summed E-state index contributed by atoms with van der Waals surface area (Å²) < 4.78 is 0.891. The first-order chi connectivity index (χ1) is 10.0. The van der Waals surface area contributed by atoms with Gasteiger partial charge < -0.3 is 10.0 Å². The highest BCUT2D eigenvalue weighted by Gasteiger charge is 2.39. The summed E-state index contributed by atoms with van der Waals surface area (Å²) in [5.74, 6) is 1.94. The number of halogens is 1. The molecule has 2 saturated carbocycles. The zero-order valence-electron chi connectivity index (χ0n) is 12.4. The maximum absolute atomic E-state index is 11.0. The van der Waals surface area contributed by atoms with Gasteiger partial charge in [-0.05, 0) is 61.8 Å². The van der Waals surface area contributed by atoms with Gasteiger partial charge in [-0.25, -0.2) is 4.79 Å². The molecule has 3 rings (SSSR count). The zero-order valence-corrected chi connectivity index (χ0v) is 14.0. The highest BCUT2D eigenvalue weighted by atomic mass is 79.9. The molecule has 0 amide bonds. The smallest absolute Gasteiger partial charge is 0.335 e. The van der Waals surface area contributed by atoms with Gasteiger partial charge in [0.1, 0.15) is 0 Å². The number of hydrogen-bond acceptors (Lipinski definition) is 2. The summed E-state index contributed by atoms with van der Waals surface area (Å²) in [6, 6.07) is 5.31. The summed E-state index contributed by atoms with van der Waals surface area (Å²) in [6.07, 6.45) is 5.75. The number of aromatic carboxylic acids is 1. The fourth-order valence-electron chi connectivity index (χ4n) is 4.16. The van der Waals surface area contributed by atoms with E-state index in [0.717, 1.165) is 40.9 Å². The number of fused-ring (bicyclic) bond motifs is 2. The Kier molecular flexibility index (Phi) is 4.36. The van der Waals surface area contributed by atoms with Gasteiger partial charge in [0.2, 0.25) is 0 Å². The number of carbonyl (C=O) groups is 1. The molecule has 0 aromatic heterocycles.